The molecule has 8 nitrogen and oxygen atoms in total. The van der Waals surface area contributed by atoms with Crippen molar-refractivity contribution in [3.05, 3.63) is 42.4 Å². The summed E-state index contributed by atoms with van der Waals surface area (Å²) in [5.41, 5.74) is -1.28. The van der Waals surface area contributed by atoms with Crippen molar-refractivity contribution >= 4 is 21.7 Å². The number of carbonyl (C=O) groups is 1. The molecule has 28 heavy (non-hydrogen) atoms. The van der Waals surface area contributed by atoms with Crippen LogP contribution >= 0.6 is 0 Å². The van der Waals surface area contributed by atoms with E-state index in [1.54, 1.807) is 0 Å². The van der Waals surface area contributed by atoms with Gasteiger partial charge in [0.05, 0.1) is 23.8 Å². The SMILES string of the molecule is O=C(Nc1ccccc1C(F)(F)F)N1CCCN(S(=O)(=O)c2cnc[nH]2)CC1. The summed E-state index contributed by atoms with van der Waals surface area (Å²) in [5.74, 6) is 0. The summed E-state index contributed by atoms with van der Waals surface area (Å²) in [6, 6.07) is 3.98. The Labute approximate surface area is 159 Å². The lowest BCUT2D eigenvalue weighted by molar-refractivity contribution is -0.136. The molecule has 152 valence electrons. The van der Waals surface area contributed by atoms with Crippen molar-refractivity contribution in [1.29, 1.82) is 0 Å². The van der Waals surface area contributed by atoms with Crippen LogP contribution in [0.1, 0.15) is 12.0 Å². The van der Waals surface area contributed by atoms with Crippen LogP contribution in [0.25, 0.3) is 0 Å². The van der Waals surface area contributed by atoms with E-state index in [-0.39, 0.29) is 36.9 Å². The molecule has 2 aromatic rings. The van der Waals surface area contributed by atoms with Gasteiger partial charge in [-0.2, -0.15) is 17.5 Å². The van der Waals surface area contributed by atoms with Crippen molar-refractivity contribution in [2.45, 2.75) is 17.6 Å². The Morgan fingerprint density at radius 2 is 1.89 bits per heavy atom. The molecule has 2 N–H and O–H groups in total. The normalized spacial score (nSPS) is 16.6. The summed E-state index contributed by atoms with van der Waals surface area (Å²) >= 11 is 0. The van der Waals surface area contributed by atoms with Gasteiger partial charge in [-0.1, -0.05) is 12.1 Å². The maximum absolute atomic E-state index is 13.1. The summed E-state index contributed by atoms with van der Waals surface area (Å²) < 4.78 is 65.5. The van der Waals surface area contributed by atoms with E-state index in [1.807, 2.05) is 0 Å². The summed E-state index contributed by atoms with van der Waals surface area (Å²) in [6.45, 7) is 0.475. The summed E-state index contributed by atoms with van der Waals surface area (Å²) in [4.78, 5) is 20.0. The highest BCUT2D eigenvalue weighted by atomic mass is 32.2. The third-order valence-corrected chi connectivity index (χ3v) is 6.13. The molecule has 1 aliphatic rings. The fourth-order valence-corrected chi connectivity index (χ4v) is 4.26. The van der Waals surface area contributed by atoms with Gasteiger partial charge in [0.2, 0.25) is 0 Å². The maximum Gasteiger partial charge on any atom is 0.418 e. The van der Waals surface area contributed by atoms with E-state index in [1.165, 1.54) is 39.9 Å². The number of nitrogens with one attached hydrogen (secondary N) is 2. The van der Waals surface area contributed by atoms with Crippen LogP contribution in [-0.2, 0) is 16.2 Å². The van der Waals surface area contributed by atoms with Gasteiger partial charge in [-0.3, -0.25) is 0 Å². The second-order valence-corrected chi connectivity index (χ2v) is 8.04. The highest BCUT2D eigenvalue weighted by molar-refractivity contribution is 7.89. The van der Waals surface area contributed by atoms with Crippen LogP contribution in [0.15, 0.2) is 41.8 Å². The first-order valence-electron chi connectivity index (χ1n) is 8.40. The third-order valence-electron chi connectivity index (χ3n) is 4.31. The van der Waals surface area contributed by atoms with Crippen molar-refractivity contribution < 1.29 is 26.4 Å². The smallest absolute Gasteiger partial charge is 0.335 e. The second-order valence-electron chi connectivity index (χ2n) is 6.13. The Kier molecular flexibility index (Phi) is 5.61. The van der Waals surface area contributed by atoms with Crippen molar-refractivity contribution in [1.82, 2.24) is 19.2 Å². The number of imidazole rings is 1. The molecule has 1 aromatic carbocycles. The highest BCUT2D eigenvalue weighted by Crippen LogP contribution is 2.34. The highest BCUT2D eigenvalue weighted by Gasteiger charge is 2.34. The number of hydrogen-bond donors (Lipinski definition) is 2. The first-order valence-corrected chi connectivity index (χ1v) is 9.84. The monoisotopic (exact) mass is 417 g/mol. The molecule has 0 saturated carbocycles. The van der Waals surface area contributed by atoms with E-state index < -0.39 is 27.8 Å². The van der Waals surface area contributed by atoms with Gasteiger partial charge >= 0.3 is 12.2 Å². The van der Waals surface area contributed by atoms with Gasteiger partial charge in [-0.25, -0.2) is 18.2 Å². The third kappa shape index (κ3) is 4.28. The molecule has 12 heteroatoms. The molecule has 1 aliphatic heterocycles. The van der Waals surface area contributed by atoms with Gasteiger partial charge < -0.3 is 15.2 Å². The van der Waals surface area contributed by atoms with Crippen LogP contribution in [0, 0.1) is 0 Å². The Hall–Kier alpha value is -2.60. The number of amides is 2. The second kappa shape index (κ2) is 7.80. The van der Waals surface area contributed by atoms with E-state index in [0.29, 0.717) is 6.42 Å². The summed E-state index contributed by atoms with van der Waals surface area (Å²) in [5, 5.41) is 2.23. The van der Waals surface area contributed by atoms with E-state index in [4.69, 9.17) is 0 Å². The minimum Gasteiger partial charge on any atom is -0.335 e. The van der Waals surface area contributed by atoms with Crippen LogP contribution in [0.2, 0.25) is 0 Å². The van der Waals surface area contributed by atoms with Gasteiger partial charge in [0.1, 0.15) is 0 Å². The van der Waals surface area contributed by atoms with Gasteiger partial charge in [-0.15, -0.1) is 0 Å². The number of aromatic nitrogens is 2. The van der Waals surface area contributed by atoms with E-state index in [9.17, 15) is 26.4 Å². The average molecular weight is 417 g/mol. The van der Waals surface area contributed by atoms with Crippen molar-refractivity contribution in [2.24, 2.45) is 0 Å². The number of urea groups is 1. The van der Waals surface area contributed by atoms with Crippen LogP contribution in [0.3, 0.4) is 0 Å². The average Bonchev–Trinajstić information content (AvgIpc) is 3.06. The van der Waals surface area contributed by atoms with Crippen LogP contribution in [0.5, 0.6) is 0 Å². The number of alkyl halides is 3. The van der Waals surface area contributed by atoms with Crippen molar-refractivity contribution in [2.75, 3.05) is 31.5 Å². The molecule has 0 atom stereocenters. The number of nitrogens with zero attached hydrogens (tertiary/aromatic N) is 3. The number of halogens is 3. The predicted octanol–water partition coefficient (Wildman–Crippen LogP) is 2.36. The van der Waals surface area contributed by atoms with Crippen molar-refractivity contribution in [3.8, 4) is 0 Å². The number of aromatic amines is 1. The van der Waals surface area contributed by atoms with Gasteiger partial charge in [-0.05, 0) is 18.6 Å². The number of benzene rings is 1. The standard InChI is InChI=1S/C16H18F3N5O3S/c17-16(18,19)12-4-1-2-5-13(12)22-15(25)23-6-3-7-24(9-8-23)28(26,27)14-10-20-11-21-14/h1-2,4-5,10-11H,3,6-9H2,(H,20,21)(H,22,25). The molecule has 1 fully saturated rings. The zero-order valence-corrected chi connectivity index (χ0v) is 15.4. The molecule has 3 rings (SSSR count). The lowest BCUT2D eigenvalue weighted by Crippen LogP contribution is -2.39. The molecular formula is C16H18F3N5O3S. The minimum absolute atomic E-state index is 0.0235. The number of rotatable bonds is 3. The topological polar surface area (TPSA) is 98.4 Å². The Balaban J connectivity index is 1.69. The van der Waals surface area contributed by atoms with Crippen LogP contribution < -0.4 is 5.32 Å². The number of hydrogen-bond acceptors (Lipinski definition) is 4. The molecular weight excluding hydrogens is 399 g/mol. The number of carbonyl (C=O) groups excluding carboxylic acids is 1. The van der Waals surface area contributed by atoms with E-state index in [2.05, 4.69) is 15.3 Å². The zero-order valence-electron chi connectivity index (χ0n) is 14.6. The maximum atomic E-state index is 13.1. The van der Waals surface area contributed by atoms with Crippen LogP contribution in [-0.4, -0.2) is 59.8 Å². The molecule has 0 unspecified atom stereocenters. The fraction of sp³-hybridized carbons (Fsp3) is 0.375. The Morgan fingerprint density at radius 3 is 2.57 bits per heavy atom. The Morgan fingerprint density at radius 1 is 1.14 bits per heavy atom. The fourth-order valence-electron chi connectivity index (χ4n) is 2.89. The number of anilines is 1. The number of para-hydroxylation sites is 1. The predicted molar refractivity (Wildman–Crippen MR) is 94.0 cm³/mol. The number of H-pyrrole nitrogens is 1. The largest absolute Gasteiger partial charge is 0.418 e. The molecule has 0 spiro atoms. The zero-order chi connectivity index (χ0) is 20.4. The molecule has 1 saturated heterocycles. The first kappa shape index (κ1) is 20.1. The first-order chi connectivity index (χ1) is 13.2. The Bertz CT molecular complexity index is 931. The quantitative estimate of drug-likeness (QED) is 0.801. The molecule has 2 heterocycles. The molecule has 0 radical (unpaired) electrons. The lowest BCUT2D eigenvalue weighted by Gasteiger charge is -2.23. The molecule has 2 amide bonds. The van der Waals surface area contributed by atoms with E-state index >= 15 is 0 Å². The van der Waals surface area contributed by atoms with Gasteiger partial charge in [0, 0.05) is 26.2 Å². The van der Waals surface area contributed by atoms with Crippen LogP contribution in [0.4, 0.5) is 23.7 Å². The lowest BCUT2D eigenvalue weighted by atomic mass is 10.1. The van der Waals surface area contributed by atoms with Gasteiger partial charge in [0.15, 0.2) is 5.03 Å². The van der Waals surface area contributed by atoms with Crippen molar-refractivity contribution in [3.63, 3.8) is 0 Å². The number of sulfonamides is 1. The van der Waals surface area contributed by atoms with Gasteiger partial charge in [0.25, 0.3) is 10.0 Å². The molecule has 0 aliphatic carbocycles. The molecule has 1 aromatic heterocycles. The summed E-state index contributed by atoms with van der Waals surface area (Å²) in [7, 11) is -3.77. The van der Waals surface area contributed by atoms with E-state index in [0.717, 1.165) is 6.07 Å². The molecule has 0 bridgehead atoms. The summed E-state index contributed by atoms with van der Waals surface area (Å²) in [6.07, 6.45) is -1.80. The minimum atomic E-state index is -4.60.